The van der Waals surface area contributed by atoms with Crippen LogP contribution in [0, 0.1) is 6.92 Å². The van der Waals surface area contributed by atoms with Gasteiger partial charge in [0.05, 0.1) is 5.70 Å². The van der Waals surface area contributed by atoms with Crippen LogP contribution in [0.4, 0.5) is 0 Å². The minimum Gasteiger partial charge on any atom is -0.358 e. The van der Waals surface area contributed by atoms with Gasteiger partial charge in [-0.1, -0.05) is 54.1 Å². The molecule has 1 atom stereocenters. The molecule has 128 valence electrons. The first kappa shape index (κ1) is 15.3. The van der Waals surface area contributed by atoms with Gasteiger partial charge in [0, 0.05) is 40.3 Å². The average Bonchev–Trinajstić information content (AvgIpc) is 2.93. The Bertz CT molecular complexity index is 1040. The lowest BCUT2D eigenvalue weighted by Gasteiger charge is -2.33. The molecule has 3 heteroatoms. The zero-order valence-electron chi connectivity index (χ0n) is 14.6. The molecular formula is C23H19NO2. The molecule has 2 aliphatic carbocycles. The van der Waals surface area contributed by atoms with E-state index in [0.717, 1.165) is 57.6 Å². The number of allylic oxidation sites excluding steroid dienone is 3. The van der Waals surface area contributed by atoms with Crippen LogP contribution in [-0.4, -0.2) is 11.6 Å². The summed E-state index contributed by atoms with van der Waals surface area (Å²) in [5.41, 5.74) is 7.26. The number of nitrogens with one attached hydrogen (secondary N) is 1. The van der Waals surface area contributed by atoms with Crippen molar-refractivity contribution in [2.24, 2.45) is 0 Å². The van der Waals surface area contributed by atoms with Crippen molar-refractivity contribution in [3.63, 3.8) is 0 Å². The molecule has 5 rings (SSSR count). The molecule has 0 radical (unpaired) electrons. The van der Waals surface area contributed by atoms with Crippen LogP contribution < -0.4 is 5.32 Å². The summed E-state index contributed by atoms with van der Waals surface area (Å²) in [4.78, 5) is 26.1. The van der Waals surface area contributed by atoms with Crippen LogP contribution in [-0.2, 0) is 4.79 Å². The molecular weight excluding hydrogens is 322 g/mol. The first-order chi connectivity index (χ1) is 12.6. The Morgan fingerprint density at radius 2 is 1.73 bits per heavy atom. The molecule has 3 nitrogen and oxygen atoms in total. The van der Waals surface area contributed by atoms with Crippen LogP contribution in [0.2, 0.25) is 0 Å². The number of aryl methyl sites for hydroxylation is 1. The average molecular weight is 341 g/mol. The van der Waals surface area contributed by atoms with E-state index in [1.165, 1.54) is 0 Å². The Balaban J connectivity index is 1.77. The first-order valence-electron chi connectivity index (χ1n) is 9.13. The lowest BCUT2D eigenvalue weighted by atomic mass is 9.74. The fourth-order valence-corrected chi connectivity index (χ4v) is 4.52. The van der Waals surface area contributed by atoms with Crippen molar-refractivity contribution in [1.29, 1.82) is 0 Å². The van der Waals surface area contributed by atoms with E-state index in [9.17, 15) is 9.59 Å². The van der Waals surface area contributed by atoms with Gasteiger partial charge in [0.1, 0.15) is 0 Å². The van der Waals surface area contributed by atoms with Gasteiger partial charge in [0.2, 0.25) is 0 Å². The fourth-order valence-electron chi connectivity index (χ4n) is 4.52. The highest BCUT2D eigenvalue weighted by Crippen LogP contribution is 2.48. The summed E-state index contributed by atoms with van der Waals surface area (Å²) in [6.45, 7) is 2.04. The van der Waals surface area contributed by atoms with Gasteiger partial charge in [0.25, 0.3) is 0 Å². The summed E-state index contributed by atoms with van der Waals surface area (Å²) in [5, 5.41) is 3.47. The highest BCUT2D eigenvalue weighted by molar-refractivity contribution is 6.23. The number of ketones is 2. The van der Waals surface area contributed by atoms with Gasteiger partial charge in [-0.05, 0) is 25.3 Å². The first-order valence-corrected chi connectivity index (χ1v) is 9.13. The van der Waals surface area contributed by atoms with E-state index in [1.54, 1.807) is 0 Å². The number of fused-ring (bicyclic) bond motifs is 2. The highest BCUT2D eigenvalue weighted by atomic mass is 16.1. The van der Waals surface area contributed by atoms with Crippen LogP contribution in [0.3, 0.4) is 0 Å². The van der Waals surface area contributed by atoms with E-state index in [0.29, 0.717) is 6.42 Å². The minimum atomic E-state index is -0.270. The SMILES string of the molecule is Cc1cccc([C@@H]2C3=C(CCCC3=O)NC3=C2C(=O)c2ccccc23)c1. The molecule has 1 N–H and O–H groups in total. The van der Waals surface area contributed by atoms with Crippen LogP contribution >= 0.6 is 0 Å². The maximum Gasteiger partial charge on any atom is 0.192 e. The topological polar surface area (TPSA) is 46.2 Å². The zero-order chi connectivity index (χ0) is 17.8. The van der Waals surface area contributed by atoms with Crippen molar-refractivity contribution in [1.82, 2.24) is 5.32 Å². The van der Waals surface area contributed by atoms with Crippen molar-refractivity contribution in [2.75, 3.05) is 0 Å². The molecule has 1 aliphatic heterocycles. The molecule has 0 bridgehead atoms. The fraction of sp³-hybridized carbons (Fsp3) is 0.217. The van der Waals surface area contributed by atoms with Crippen molar-refractivity contribution in [3.05, 3.63) is 87.6 Å². The summed E-state index contributed by atoms with van der Waals surface area (Å²) in [6, 6.07) is 15.9. The van der Waals surface area contributed by atoms with E-state index in [-0.39, 0.29) is 17.5 Å². The molecule has 3 aliphatic rings. The van der Waals surface area contributed by atoms with Crippen molar-refractivity contribution in [3.8, 4) is 0 Å². The number of hydrogen-bond acceptors (Lipinski definition) is 3. The Kier molecular flexibility index (Phi) is 3.26. The number of dihydropyridines is 1. The maximum absolute atomic E-state index is 13.2. The Morgan fingerprint density at radius 1 is 0.923 bits per heavy atom. The smallest absolute Gasteiger partial charge is 0.192 e. The number of carbonyl (C=O) groups is 2. The van der Waals surface area contributed by atoms with Gasteiger partial charge >= 0.3 is 0 Å². The third-order valence-electron chi connectivity index (χ3n) is 5.64. The molecule has 0 saturated heterocycles. The largest absolute Gasteiger partial charge is 0.358 e. The van der Waals surface area contributed by atoms with Crippen LogP contribution in [0.1, 0.15) is 52.2 Å². The number of carbonyl (C=O) groups excluding carboxylic acids is 2. The predicted octanol–water partition coefficient (Wildman–Crippen LogP) is 4.30. The van der Waals surface area contributed by atoms with Gasteiger partial charge < -0.3 is 5.32 Å². The van der Waals surface area contributed by atoms with Crippen molar-refractivity contribution in [2.45, 2.75) is 32.1 Å². The molecule has 0 saturated carbocycles. The van der Waals surface area contributed by atoms with E-state index >= 15 is 0 Å². The van der Waals surface area contributed by atoms with E-state index < -0.39 is 0 Å². The van der Waals surface area contributed by atoms with Crippen LogP contribution in [0.15, 0.2) is 65.4 Å². The summed E-state index contributed by atoms with van der Waals surface area (Å²) in [5.74, 6) is -0.0612. The molecule has 0 amide bonds. The molecule has 26 heavy (non-hydrogen) atoms. The van der Waals surface area contributed by atoms with E-state index in [1.807, 2.05) is 49.4 Å². The van der Waals surface area contributed by atoms with Crippen molar-refractivity contribution < 1.29 is 9.59 Å². The summed E-state index contributed by atoms with van der Waals surface area (Å²) in [7, 11) is 0. The number of rotatable bonds is 1. The van der Waals surface area contributed by atoms with Gasteiger partial charge in [-0.25, -0.2) is 0 Å². The maximum atomic E-state index is 13.2. The lowest BCUT2D eigenvalue weighted by Crippen LogP contribution is -2.31. The van der Waals surface area contributed by atoms with Gasteiger partial charge in [0.15, 0.2) is 11.6 Å². The second-order valence-electron chi connectivity index (χ2n) is 7.30. The summed E-state index contributed by atoms with van der Waals surface area (Å²) >= 11 is 0. The normalized spacial score (nSPS) is 21.3. The van der Waals surface area contributed by atoms with Gasteiger partial charge in [-0.3, -0.25) is 9.59 Å². The Morgan fingerprint density at radius 3 is 2.54 bits per heavy atom. The number of benzene rings is 2. The third-order valence-corrected chi connectivity index (χ3v) is 5.64. The summed E-state index contributed by atoms with van der Waals surface area (Å²) < 4.78 is 0. The van der Waals surface area contributed by atoms with E-state index in [4.69, 9.17) is 0 Å². The second kappa shape index (κ2) is 5.53. The van der Waals surface area contributed by atoms with Gasteiger partial charge in [-0.2, -0.15) is 0 Å². The molecule has 2 aromatic rings. The molecule has 1 heterocycles. The van der Waals surface area contributed by atoms with Crippen LogP contribution in [0.25, 0.3) is 5.70 Å². The lowest BCUT2D eigenvalue weighted by molar-refractivity contribution is -0.116. The number of Topliss-reactive ketones (excluding diaryl/α,β-unsaturated/α-hetero) is 2. The van der Waals surface area contributed by atoms with E-state index in [2.05, 4.69) is 11.4 Å². The minimum absolute atomic E-state index is 0.0412. The zero-order valence-corrected chi connectivity index (χ0v) is 14.6. The van der Waals surface area contributed by atoms with Crippen LogP contribution in [0.5, 0.6) is 0 Å². The molecule has 0 spiro atoms. The third kappa shape index (κ3) is 2.07. The summed E-state index contributed by atoms with van der Waals surface area (Å²) in [6.07, 6.45) is 2.28. The Hall–Kier alpha value is -2.94. The van der Waals surface area contributed by atoms with Crippen molar-refractivity contribution >= 4 is 17.3 Å². The monoisotopic (exact) mass is 341 g/mol. The Labute approximate surface area is 152 Å². The molecule has 2 aromatic carbocycles. The molecule has 0 unspecified atom stereocenters. The molecule has 0 aromatic heterocycles. The standard InChI is InChI=1S/C23H19NO2/c1-13-6-4-7-14(12-13)19-20-17(10-5-11-18(20)25)24-22-15-8-2-3-9-16(15)23(26)21(19)22/h2-4,6-9,12,19,24H,5,10-11H2,1H3/t19-/m1/s1. The highest BCUT2D eigenvalue weighted by Gasteiger charge is 2.43. The molecule has 0 fully saturated rings. The van der Waals surface area contributed by atoms with Gasteiger partial charge in [-0.15, -0.1) is 0 Å². The quantitative estimate of drug-likeness (QED) is 0.841. The number of hydrogen-bond donors (Lipinski definition) is 1. The second-order valence-corrected chi connectivity index (χ2v) is 7.30. The predicted molar refractivity (Wildman–Crippen MR) is 101 cm³/mol.